The van der Waals surface area contributed by atoms with E-state index in [1.165, 1.54) is 19.1 Å². The molecule has 2 rings (SSSR count). The van der Waals surface area contributed by atoms with Crippen LogP contribution in [0.2, 0.25) is 0 Å². The van der Waals surface area contributed by atoms with Crippen LogP contribution in [0, 0.1) is 19.7 Å². The van der Waals surface area contributed by atoms with Crippen LogP contribution in [0.4, 0.5) is 4.39 Å². The third-order valence-corrected chi connectivity index (χ3v) is 4.38. The second kappa shape index (κ2) is 7.60. The molecule has 6 nitrogen and oxygen atoms in total. The Morgan fingerprint density at radius 3 is 2.28 bits per heavy atom. The van der Waals surface area contributed by atoms with Crippen LogP contribution in [-0.2, 0) is 15.1 Å². The molecule has 2 aromatic rings. The van der Waals surface area contributed by atoms with E-state index in [-0.39, 0.29) is 11.3 Å². The number of amides is 1. The Balaban J connectivity index is 2.10. The van der Waals surface area contributed by atoms with Gasteiger partial charge in [0.05, 0.1) is 5.75 Å². The van der Waals surface area contributed by atoms with E-state index in [1.54, 1.807) is 0 Å². The van der Waals surface area contributed by atoms with Crippen LogP contribution >= 0.6 is 11.8 Å². The van der Waals surface area contributed by atoms with Crippen molar-refractivity contribution in [2.75, 3.05) is 5.75 Å². The van der Waals surface area contributed by atoms with Gasteiger partial charge in [-0.1, -0.05) is 23.9 Å². The van der Waals surface area contributed by atoms with E-state index >= 15 is 0 Å². The number of nitrogens with zero attached hydrogens (tertiary/aromatic N) is 2. The van der Waals surface area contributed by atoms with Gasteiger partial charge in [0.25, 0.3) is 0 Å². The number of hydrogen-bond acceptors (Lipinski definition) is 5. The summed E-state index contributed by atoms with van der Waals surface area (Å²) in [5.41, 5.74) is 0.200. The molecular formula is C17H18FN3O3S. The highest BCUT2D eigenvalue weighted by Gasteiger charge is 2.36. The molecule has 132 valence electrons. The number of thioether (sulfide) groups is 1. The summed E-state index contributed by atoms with van der Waals surface area (Å²) >= 11 is 1.12. The van der Waals surface area contributed by atoms with Gasteiger partial charge < -0.3 is 10.4 Å². The molecule has 0 saturated heterocycles. The fourth-order valence-corrected chi connectivity index (χ4v) is 2.98. The number of aliphatic carboxylic acids is 1. The van der Waals surface area contributed by atoms with Gasteiger partial charge in [-0.05, 0) is 44.5 Å². The van der Waals surface area contributed by atoms with Gasteiger partial charge in [0, 0.05) is 11.4 Å². The summed E-state index contributed by atoms with van der Waals surface area (Å²) in [5.74, 6) is -2.24. The third-order valence-electron chi connectivity index (χ3n) is 3.53. The van der Waals surface area contributed by atoms with E-state index in [9.17, 15) is 19.1 Å². The smallest absolute Gasteiger partial charge is 0.333 e. The van der Waals surface area contributed by atoms with Crippen molar-refractivity contribution in [3.8, 4) is 0 Å². The molecule has 1 aromatic carbocycles. The standard InChI is InChI=1S/C17H18FN3O3S/c1-10-8-11(2)20-16(19-10)25-9-14(22)21-17(3,15(23)24)12-4-6-13(18)7-5-12/h4-8H,9H2,1-3H3,(H,21,22)(H,23,24). The van der Waals surface area contributed by atoms with Gasteiger partial charge in [0.15, 0.2) is 10.7 Å². The molecule has 25 heavy (non-hydrogen) atoms. The van der Waals surface area contributed by atoms with Crippen LogP contribution in [0.15, 0.2) is 35.5 Å². The third kappa shape index (κ3) is 4.76. The Kier molecular flexibility index (Phi) is 5.73. The minimum Gasteiger partial charge on any atom is -0.479 e. The first-order valence-corrected chi connectivity index (χ1v) is 8.45. The minimum atomic E-state index is -1.66. The van der Waals surface area contributed by atoms with Crippen LogP contribution in [0.25, 0.3) is 0 Å². The predicted molar refractivity (Wildman–Crippen MR) is 91.8 cm³/mol. The molecule has 1 aromatic heterocycles. The summed E-state index contributed by atoms with van der Waals surface area (Å²) in [6.45, 7) is 5.02. The first kappa shape index (κ1) is 18.9. The highest BCUT2D eigenvalue weighted by Crippen LogP contribution is 2.22. The summed E-state index contributed by atoms with van der Waals surface area (Å²) in [6.07, 6.45) is 0. The zero-order valence-corrected chi connectivity index (χ0v) is 14.9. The quantitative estimate of drug-likeness (QED) is 0.605. The van der Waals surface area contributed by atoms with Gasteiger partial charge in [-0.2, -0.15) is 0 Å². The number of benzene rings is 1. The maximum Gasteiger partial charge on any atom is 0.333 e. The van der Waals surface area contributed by atoms with Gasteiger partial charge in [-0.15, -0.1) is 0 Å². The van der Waals surface area contributed by atoms with Gasteiger partial charge in [0.2, 0.25) is 5.91 Å². The van der Waals surface area contributed by atoms with Crippen molar-refractivity contribution in [2.45, 2.75) is 31.5 Å². The number of carboxylic acids is 1. The highest BCUT2D eigenvalue weighted by molar-refractivity contribution is 7.99. The first-order chi connectivity index (χ1) is 11.7. The van der Waals surface area contributed by atoms with Crippen molar-refractivity contribution in [2.24, 2.45) is 0 Å². The van der Waals surface area contributed by atoms with E-state index in [1.807, 2.05) is 19.9 Å². The predicted octanol–water partition coefficient (Wildman–Crippen LogP) is 2.44. The van der Waals surface area contributed by atoms with E-state index in [0.717, 1.165) is 35.3 Å². The fourth-order valence-electron chi connectivity index (χ4n) is 2.24. The number of nitrogens with one attached hydrogen (secondary N) is 1. The van der Waals surface area contributed by atoms with Crippen molar-refractivity contribution in [3.05, 3.63) is 53.1 Å². The maximum absolute atomic E-state index is 13.1. The number of carboxylic acid groups (broad SMARTS) is 1. The molecule has 2 N–H and O–H groups in total. The zero-order chi connectivity index (χ0) is 18.6. The summed E-state index contributed by atoms with van der Waals surface area (Å²) in [6, 6.07) is 6.80. The van der Waals surface area contributed by atoms with Crippen molar-refractivity contribution >= 4 is 23.6 Å². The number of halogens is 1. The molecule has 1 heterocycles. The molecule has 8 heteroatoms. The lowest BCUT2D eigenvalue weighted by atomic mass is 9.92. The maximum atomic E-state index is 13.1. The summed E-state index contributed by atoms with van der Waals surface area (Å²) in [5, 5.41) is 12.5. The molecule has 1 atom stereocenters. The molecule has 1 amide bonds. The Morgan fingerprint density at radius 2 is 1.76 bits per heavy atom. The Morgan fingerprint density at radius 1 is 1.20 bits per heavy atom. The fraction of sp³-hybridized carbons (Fsp3) is 0.294. The SMILES string of the molecule is Cc1cc(C)nc(SCC(=O)NC(C)(C(=O)O)c2ccc(F)cc2)n1. The topological polar surface area (TPSA) is 92.2 Å². The van der Waals surface area contributed by atoms with Crippen molar-refractivity contribution in [3.63, 3.8) is 0 Å². The normalized spacial score (nSPS) is 13.1. The zero-order valence-electron chi connectivity index (χ0n) is 14.0. The molecule has 0 aliphatic carbocycles. The van der Waals surface area contributed by atoms with Gasteiger partial charge in [-0.3, -0.25) is 4.79 Å². The van der Waals surface area contributed by atoms with Crippen molar-refractivity contribution < 1.29 is 19.1 Å². The molecule has 0 spiro atoms. The molecule has 0 fully saturated rings. The monoisotopic (exact) mass is 363 g/mol. The van der Waals surface area contributed by atoms with Crippen molar-refractivity contribution in [1.29, 1.82) is 0 Å². The Labute approximate surface area is 148 Å². The number of carbonyl (C=O) groups excluding carboxylic acids is 1. The number of aromatic nitrogens is 2. The molecular weight excluding hydrogens is 345 g/mol. The molecule has 0 aliphatic rings. The van der Waals surface area contributed by atoms with Gasteiger partial charge in [0.1, 0.15) is 5.82 Å². The van der Waals surface area contributed by atoms with E-state index in [2.05, 4.69) is 15.3 Å². The number of rotatable bonds is 6. The summed E-state index contributed by atoms with van der Waals surface area (Å²) in [4.78, 5) is 32.3. The van der Waals surface area contributed by atoms with Crippen LogP contribution in [0.3, 0.4) is 0 Å². The Hall–Kier alpha value is -2.48. The molecule has 0 aliphatic heterocycles. The van der Waals surface area contributed by atoms with Gasteiger partial charge >= 0.3 is 5.97 Å². The van der Waals surface area contributed by atoms with Crippen LogP contribution in [-0.4, -0.2) is 32.7 Å². The lowest BCUT2D eigenvalue weighted by Gasteiger charge is -2.26. The Bertz CT molecular complexity index is 778. The molecule has 1 unspecified atom stereocenters. The molecule has 0 radical (unpaired) electrons. The highest BCUT2D eigenvalue weighted by atomic mass is 32.2. The summed E-state index contributed by atoms with van der Waals surface area (Å²) < 4.78 is 13.1. The van der Waals surface area contributed by atoms with Crippen molar-refractivity contribution in [1.82, 2.24) is 15.3 Å². The van der Waals surface area contributed by atoms with Gasteiger partial charge in [-0.25, -0.2) is 19.2 Å². The average molecular weight is 363 g/mol. The van der Waals surface area contributed by atoms with E-state index in [0.29, 0.717) is 5.16 Å². The van der Waals surface area contributed by atoms with E-state index < -0.39 is 23.2 Å². The van der Waals surface area contributed by atoms with E-state index in [4.69, 9.17) is 0 Å². The summed E-state index contributed by atoms with van der Waals surface area (Å²) in [7, 11) is 0. The lowest BCUT2D eigenvalue weighted by Crippen LogP contribution is -2.50. The molecule has 0 bridgehead atoms. The molecule has 0 saturated carbocycles. The lowest BCUT2D eigenvalue weighted by molar-refractivity contribution is -0.147. The number of hydrogen-bond donors (Lipinski definition) is 2. The van der Waals surface area contributed by atoms with Crippen LogP contribution < -0.4 is 5.32 Å². The number of aryl methyl sites for hydroxylation is 2. The second-order valence-electron chi connectivity index (χ2n) is 5.71. The average Bonchev–Trinajstić information content (AvgIpc) is 2.52. The van der Waals surface area contributed by atoms with Crippen LogP contribution in [0.1, 0.15) is 23.9 Å². The first-order valence-electron chi connectivity index (χ1n) is 7.46. The van der Waals surface area contributed by atoms with Crippen LogP contribution in [0.5, 0.6) is 0 Å². The second-order valence-corrected chi connectivity index (χ2v) is 6.65. The number of carbonyl (C=O) groups is 2. The largest absolute Gasteiger partial charge is 0.479 e. The minimum absolute atomic E-state index is 0.0348.